The van der Waals surface area contributed by atoms with Crippen LogP contribution in [-0.4, -0.2) is 24.9 Å². The molecule has 0 radical (unpaired) electrons. The summed E-state index contributed by atoms with van der Waals surface area (Å²) in [6.45, 7) is 1.84. The Morgan fingerprint density at radius 1 is 1.33 bits per heavy atom. The zero-order valence-electron chi connectivity index (χ0n) is 10.6. The van der Waals surface area contributed by atoms with Crippen LogP contribution in [0, 0.1) is 5.92 Å². The molecule has 2 atom stereocenters. The fourth-order valence-electron chi connectivity index (χ4n) is 1.52. The molecule has 0 bridgehead atoms. The van der Waals surface area contributed by atoms with Crippen LogP contribution in [0.2, 0.25) is 0 Å². The minimum Gasteiger partial charge on any atom is -0.435 e. The maximum atomic E-state index is 12.1. The van der Waals surface area contributed by atoms with Gasteiger partial charge in [0, 0.05) is 19.2 Å². The van der Waals surface area contributed by atoms with Crippen LogP contribution < -0.4 is 10.1 Å². The molecular formula is C13H19F2NO2. The first-order chi connectivity index (χ1) is 8.52. The van der Waals surface area contributed by atoms with Gasteiger partial charge >= 0.3 is 6.61 Å². The Kier molecular flexibility index (Phi) is 6.01. The minimum absolute atomic E-state index is 0.0141. The first-order valence-corrected chi connectivity index (χ1v) is 5.92. The van der Waals surface area contributed by atoms with Gasteiger partial charge in [0.25, 0.3) is 0 Å². The van der Waals surface area contributed by atoms with E-state index in [9.17, 15) is 8.78 Å². The number of ether oxygens (including phenoxy) is 1. The lowest BCUT2D eigenvalue weighted by molar-refractivity contribution is -0.0499. The standard InChI is InChI=1S/C13H19F2NO2/c1-9(8-17)7-16-10(2)11-4-3-5-12(6-11)18-13(14)15/h3-6,9-10,13,16-17H,7-8H2,1-2H3. The number of benzene rings is 1. The summed E-state index contributed by atoms with van der Waals surface area (Å²) in [5, 5.41) is 12.1. The molecule has 5 heteroatoms. The molecule has 0 aliphatic carbocycles. The van der Waals surface area contributed by atoms with E-state index in [4.69, 9.17) is 5.11 Å². The zero-order valence-corrected chi connectivity index (χ0v) is 10.6. The maximum Gasteiger partial charge on any atom is 0.387 e. The minimum atomic E-state index is -2.81. The summed E-state index contributed by atoms with van der Waals surface area (Å²) >= 11 is 0. The van der Waals surface area contributed by atoms with Gasteiger partial charge in [-0.2, -0.15) is 8.78 Å². The molecule has 2 unspecified atom stereocenters. The number of halogens is 2. The number of aliphatic hydroxyl groups excluding tert-OH is 1. The van der Waals surface area contributed by atoms with Crippen molar-refractivity contribution in [1.82, 2.24) is 5.32 Å². The van der Waals surface area contributed by atoms with Crippen LogP contribution in [0.5, 0.6) is 5.75 Å². The topological polar surface area (TPSA) is 41.5 Å². The number of rotatable bonds is 7. The molecule has 0 spiro atoms. The van der Waals surface area contributed by atoms with E-state index in [2.05, 4.69) is 10.1 Å². The van der Waals surface area contributed by atoms with Crippen LogP contribution in [0.25, 0.3) is 0 Å². The summed E-state index contributed by atoms with van der Waals surface area (Å²) in [5.74, 6) is 0.319. The summed E-state index contributed by atoms with van der Waals surface area (Å²) in [5.41, 5.74) is 0.873. The lowest BCUT2D eigenvalue weighted by atomic mass is 10.1. The van der Waals surface area contributed by atoms with Crippen molar-refractivity contribution in [3.05, 3.63) is 29.8 Å². The van der Waals surface area contributed by atoms with Gasteiger partial charge in [-0.05, 0) is 30.5 Å². The maximum absolute atomic E-state index is 12.1. The molecule has 18 heavy (non-hydrogen) atoms. The lowest BCUT2D eigenvalue weighted by Crippen LogP contribution is -2.26. The van der Waals surface area contributed by atoms with Crippen molar-refractivity contribution in [1.29, 1.82) is 0 Å². The van der Waals surface area contributed by atoms with E-state index >= 15 is 0 Å². The quantitative estimate of drug-likeness (QED) is 0.790. The molecule has 0 saturated carbocycles. The first kappa shape index (κ1) is 14.9. The van der Waals surface area contributed by atoms with Crippen molar-refractivity contribution < 1.29 is 18.6 Å². The number of aliphatic hydroxyl groups is 1. The molecule has 102 valence electrons. The van der Waals surface area contributed by atoms with Crippen LogP contribution in [0.15, 0.2) is 24.3 Å². The van der Waals surface area contributed by atoms with E-state index in [1.54, 1.807) is 12.1 Å². The van der Waals surface area contributed by atoms with E-state index in [-0.39, 0.29) is 24.3 Å². The van der Waals surface area contributed by atoms with Gasteiger partial charge in [0.05, 0.1) is 0 Å². The molecule has 0 aromatic heterocycles. The summed E-state index contributed by atoms with van der Waals surface area (Å²) < 4.78 is 28.5. The highest BCUT2D eigenvalue weighted by Gasteiger charge is 2.09. The largest absolute Gasteiger partial charge is 0.435 e. The van der Waals surface area contributed by atoms with Gasteiger partial charge < -0.3 is 15.2 Å². The summed E-state index contributed by atoms with van der Waals surface area (Å²) in [6, 6.07) is 6.63. The van der Waals surface area contributed by atoms with Crippen molar-refractivity contribution in [2.45, 2.75) is 26.5 Å². The van der Waals surface area contributed by atoms with Crippen LogP contribution in [0.3, 0.4) is 0 Å². The van der Waals surface area contributed by atoms with Gasteiger partial charge in [0.15, 0.2) is 0 Å². The number of hydrogen-bond donors (Lipinski definition) is 2. The second-order valence-corrected chi connectivity index (χ2v) is 4.37. The van der Waals surface area contributed by atoms with Gasteiger partial charge in [-0.1, -0.05) is 19.1 Å². The van der Waals surface area contributed by atoms with Crippen LogP contribution in [0.4, 0.5) is 8.78 Å². The lowest BCUT2D eigenvalue weighted by Gasteiger charge is -2.17. The SMILES string of the molecule is CC(CO)CNC(C)c1cccc(OC(F)F)c1. The van der Waals surface area contributed by atoms with Crippen molar-refractivity contribution >= 4 is 0 Å². The Morgan fingerprint density at radius 2 is 2.06 bits per heavy atom. The second-order valence-electron chi connectivity index (χ2n) is 4.37. The monoisotopic (exact) mass is 259 g/mol. The van der Waals surface area contributed by atoms with Gasteiger partial charge in [-0.3, -0.25) is 0 Å². The molecule has 0 fully saturated rings. The Labute approximate surface area is 106 Å². The normalized spacial score (nSPS) is 14.6. The molecule has 0 saturated heterocycles. The third-order valence-electron chi connectivity index (χ3n) is 2.67. The van der Waals surface area contributed by atoms with Crippen molar-refractivity contribution in [3.63, 3.8) is 0 Å². The molecule has 2 N–H and O–H groups in total. The Bertz CT molecular complexity index is 361. The average Bonchev–Trinajstić information content (AvgIpc) is 2.35. The average molecular weight is 259 g/mol. The fraction of sp³-hybridized carbons (Fsp3) is 0.538. The third kappa shape index (κ3) is 4.98. The molecule has 1 rings (SSSR count). The molecule has 0 aliphatic rings. The highest BCUT2D eigenvalue weighted by atomic mass is 19.3. The van der Waals surface area contributed by atoms with Crippen LogP contribution in [-0.2, 0) is 0 Å². The summed E-state index contributed by atoms with van der Waals surface area (Å²) in [6.07, 6.45) is 0. The van der Waals surface area contributed by atoms with E-state index in [0.717, 1.165) is 5.56 Å². The highest BCUT2D eigenvalue weighted by molar-refractivity contribution is 5.30. The molecule has 0 aliphatic heterocycles. The van der Waals surface area contributed by atoms with Crippen molar-refractivity contribution in [2.75, 3.05) is 13.2 Å². The first-order valence-electron chi connectivity index (χ1n) is 5.92. The van der Waals surface area contributed by atoms with Gasteiger partial charge in [0.2, 0.25) is 0 Å². The molecule has 1 aromatic carbocycles. The van der Waals surface area contributed by atoms with Crippen LogP contribution in [0.1, 0.15) is 25.5 Å². The van der Waals surface area contributed by atoms with Gasteiger partial charge in [-0.15, -0.1) is 0 Å². The number of nitrogens with one attached hydrogen (secondary N) is 1. The molecule has 0 amide bonds. The van der Waals surface area contributed by atoms with Crippen LogP contribution >= 0.6 is 0 Å². The second kappa shape index (κ2) is 7.28. The van der Waals surface area contributed by atoms with Crippen molar-refractivity contribution in [2.24, 2.45) is 5.92 Å². The fourth-order valence-corrected chi connectivity index (χ4v) is 1.52. The number of alkyl halides is 2. The molecule has 3 nitrogen and oxygen atoms in total. The Morgan fingerprint density at radius 3 is 2.67 bits per heavy atom. The molecule has 0 heterocycles. The van der Waals surface area contributed by atoms with E-state index < -0.39 is 6.61 Å². The van der Waals surface area contributed by atoms with E-state index in [1.165, 1.54) is 6.07 Å². The van der Waals surface area contributed by atoms with E-state index in [1.807, 2.05) is 19.9 Å². The number of hydrogen-bond acceptors (Lipinski definition) is 3. The predicted molar refractivity (Wildman–Crippen MR) is 65.7 cm³/mol. The predicted octanol–water partition coefficient (Wildman–Crippen LogP) is 2.57. The Hall–Kier alpha value is -1.20. The zero-order chi connectivity index (χ0) is 13.5. The Balaban J connectivity index is 2.59. The highest BCUT2D eigenvalue weighted by Crippen LogP contribution is 2.20. The van der Waals surface area contributed by atoms with E-state index in [0.29, 0.717) is 6.54 Å². The molecule has 1 aromatic rings. The third-order valence-corrected chi connectivity index (χ3v) is 2.67. The summed E-state index contributed by atoms with van der Waals surface area (Å²) in [4.78, 5) is 0. The van der Waals surface area contributed by atoms with Crippen molar-refractivity contribution in [3.8, 4) is 5.75 Å². The van der Waals surface area contributed by atoms with Gasteiger partial charge in [-0.25, -0.2) is 0 Å². The molecular weight excluding hydrogens is 240 g/mol. The summed E-state index contributed by atoms with van der Waals surface area (Å²) in [7, 11) is 0. The van der Waals surface area contributed by atoms with Gasteiger partial charge in [0.1, 0.15) is 5.75 Å². The smallest absolute Gasteiger partial charge is 0.387 e.